The van der Waals surface area contributed by atoms with Crippen LogP contribution in [0.4, 0.5) is 0 Å². The Morgan fingerprint density at radius 3 is 2.62 bits per heavy atom. The van der Waals surface area contributed by atoms with Gasteiger partial charge in [0, 0.05) is 19.3 Å². The summed E-state index contributed by atoms with van der Waals surface area (Å²) >= 11 is 0. The lowest BCUT2D eigenvalue weighted by Crippen LogP contribution is -2.18. The van der Waals surface area contributed by atoms with Gasteiger partial charge >= 0.3 is 0 Å². The van der Waals surface area contributed by atoms with Gasteiger partial charge in [0.2, 0.25) is 5.89 Å². The van der Waals surface area contributed by atoms with Crippen molar-refractivity contribution in [2.75, 3.05) is 14.2 Å². The molecule has 0 aliphatic heterocycles. The summed E-state index contributed by atoms with van der Waals surface area (Å²) in [5.74, 6) is 1.53. The Morgan fingerprint density at radius 1 is 1.07 bits per heavy atom. The van der Waals surface area contributed by atoms with Crippen molar-refractivity contribution in [3.8, 4) is 23.0 Å². The van der Waals surface area contributed by atoms with E-state index in [0.29, 0.717) is 46.4 Å². The first-order chi connectivity index (χ1) is 14.2. The molecular weight excluding hydrogens is 372 g/mol. The number of ether oxygens (including phenoxy) is 2. The molecule has 0 unspecified atom stereocenters. The normalized spacial score (nSPS) is 10.7. The maximum Gasteiger partial charge on any atom is 0.269 e. The lowest BCUT2D eigenvalue weighted by atomic mass is 10.2. The van der Waals surface area contributed by atoms with E-state index >= 15 is 0 Å². The molecule has 8 heteroatoms. The van der Waals surface area contributed by atoms with Gasteiger partial charge in [-0.25, -0.2) is 4.98 Å². The van der Waals surface area contributed by atoms with Gasteiger partial charge in [-0.1, -0.05) is 0 Å². The predicted octanol–water partition coefficient (Wildman–Crippen LogP) is 3.23. The number of carbonyl (C=O) groups is 1. The minimum Gasteiger partial charge on any atom is -0.495 e. The number of oxazole rings is 1. The van der Waals surface area contributed by atoms with E-state index in [1.807, 2.05) is 18.2 Å². The average Bonchev–Trinajstić information content (AvgIpc) is 3.21. The average molecular weight is 390 g/mol. The number of amides is 1. The number of hydrogen-bond acceptors (Lipinski definition) is 7. The highest BCUT2D eigenvalue weighted by Crippen LogP contribution is 2.27. The Hall–Kier alpha value is -3.94. The third-order valence-electron chi connectivity index (χ3n) is 4.25. The van der Waals surface area contributed by atoms with Crippen molar-refractivity contribution in [3.63, 3.8) is 0 Å². The van der Waals surface area contributed by atoms with Gasteiger partial charge in [0.1, 0.15) is 29.3 Å². The van der Waals surface area contributed by atoms with Crippen LogP contribution in [0.3, 0.4) is 0 Å². The minimum atomic E-state index is -0.248. The van der Waals surface area contributed by atoms with Crippen LogP contribution < -0.4 is 14.8 Å². The maximum atomic E-state index is 11.6. The van der Waals surface area contributed by atoms with Crippen LogP contribution >= 0.6 is 0 Å². The Kier molecular flexibility index (Phi) is 5.07. The van der Waals surface area contributed by atoms with E-state index in [0.717, 1.165) is 5.69 Å². The fraction of sp³-hybridized carbons (Fsp3) is 0.143. The lowest BCUT2D eigenvalue weighted by Gasteiger charge is -2.06. The highest BCUT2D eigenvalue weighted by Gasteiger charge is 2.11. The van der Waals surface area contributed by atoms with Gasteiger partial charge in [0.05, 0.1) is 24.6 Å². The molecule has 146 valence electrons. The molecule has 1 N–H and O–H groups in total. The van der Waals surface area contributed by atoms with Crippen molar-refractivity contribution in [1.29, 1.82) is 0 Å². The minimum absolute atomic E-state index is 0.248. The molecule has 0 atom stereocenters. The monoisotopic (exact) mass is 390 g/mol. The molecule has 0 saturated carbocycles. The standard InChI is InChI=1S/C21H18N4O4/c1-22-20(26)17-7-3-13(10-24-17)21-25-18-9-15(6-8-19(18)29-21)28-12-14-4-5-16(27-2)11-23-14/h3-11H,12H2,1-2H3,(H,22,26). The van der Waals surface area contributed by atoms with Crippen molar-refractivity contribution in [2.24, 2.45) is 0 Å². The van der Waals surface area contributed by atoms with E-state index in [4.69, 9.17) is 13.9 Å². The number of pyridine rings is 2. The van der Waals surface area contributed by atoms with Crippen LogP contribution in [0, 0.1) is 0 Å². The smallest absolute Gasteiger partial charge is 0.269 e. The summed E-state index contributed by atoms with van der Waals surface area (Å²) in [5.41, 5.74) is 3.09. The van der Waals surface area contributed by atoms with Gasteiger partial charge in [-0.05, 0) is 36.4 Å². The van der Waals surface area contributed by atoms with Crippen LogP contribution in [0.5, 0.6) is 11.5 Å². The molecule has 0 radical (unpaired) electrons. The van der Waals surface area contributed by atoms with Gasteiger partial charge < -0.3 is 19.2 Å². The van der Waals surface area contributed by atoms with Crippen LogP contribution in [0.25, 0.3) is 22.6 Å². The summed E-state index contributed by atoms with van der Waals surface area (Å²) in [6.45, 7) is 0.324. The molecule has 0 spiro atoms. The van der Waals surface area contributed by atoms with Crippen LogP contribution in [0.15, 0.2) is 59.3 Å². The summed E-state index contributed by atoms with van der Waals surface area (Å²) in [5, 5.41) is 2.53. The van der Waals surface area contributed by atoms with Crippen LogP contribution in [-0.4, -0.2) is 35.0 Å². The van der Waals surface area contributed by atoms with Gasteiger partial charge in [-0.3, -0.25) is 14.8 Å². The van der Waals surface area contributed by atoms with E-state index in [2.05, 4.69) is 20.3 Å². The molecule has 0 fully saturated rings. The van der Waals surface area contributed by atoms with E-state index in [1.165, 1.54) is 0 Å². The number of benzene rings is 1. The predicted molar refractivity (Wildman–Crippen MR) is 106 cm³/mol. The van der Waals surface area contributed by atoms with Crippen LogP contribution in [-0.2, 0) is 6.61 Å². The number of nitrogens with one attached hydrogen (secondary N) is 1. The van der Waals surface area contributed by atoms with Gasteiger partial charge in [-0.2, -0.15) is 0 Å². The Labute approximate surface area is 166 Å². The SMILES string of the molecule is CNC(=O)c1ccc(-c2nc3cc(OCc4ccc(OC)cn4)ccc3o2)cn1. The zero-order valence-electron chi connectivity index (χ0n) is 15.9. The second-order valence-electron chi connectivity index (χ2n) is 6.14. The van der Waals surface area contributed by atoms with Crippen molar-refractivity contribution >= 4 is 17.0 Å². The van der Waals surface area contributed by atoms with E-state index in [1.54, 1.807) is 50.8 Å². The molecule has 1 amide bonds. The molecule has 29 heavy (non-hydrogen) atoms. The second kappa shape index (κ2) is 7.97. The summed E-state index contributed by atoms with van der Waals surface area (Å²) in [6, 6.07) is 12.5. The number of methoxy groups -OCH3 is 1. The summed E-state index contributed by atoms with van der Waals surface area (Å²) in [6.07, 6.45) is 3.21. The highest BCUT2D eigenvalue weighted by atomic mass is 16.5. The Balaban J connectivity index is 1.50. The zero-order valence-corrected chi connectivity index (χ0v) is 15.9. The van der Waals surface area contributed by atoms with E-state index in [-0.39, 0.29) is 5.91 Å². The number of fused-ring (bicyclic) bond motifs is 1. The molecular formula is C21H18N4O4. The molecule has 1 aromatic carbocycles. The molecule has 3 aromatic heterocycles. The second-order valence-corrected chi connectivity index (χ2v) is 6.14. The quantitative estimate of drug-likeness (QED) is 0.539. The van der Waals surface area contributed by atoms with Crippen molar-refractivity contribution < 1.29 is 18.7 Å². The topological polar surface area (TPSA) is 99.4 Å². The third-order valence-corrected chi connectivity index (χ3v) is 4.25. The largest absolute Gasteiger partial charge is 0.495 e. The summed E-state index contributed by atoms with van der Waals surface area (Å²) in [4.78, 5) is 24.5. The van der Waals surface area contributed by atoms with Crippen molar-refractivity contribution in [1.82, 2.24) is 20.3 Å². The van der Waals surface area contributed by atoms with Crippen molar-refractivity contribution in [2.45, 2.75) is 6.61 Å². The molecule has 4 rings (SSSR count). The summed E-state index contributed by atoms with van der Waals surface area (Å²) < 4.78 is 16.7. The maximum absolute atomic E-state index is 11.6. The molecule has 0 bridgehead atoms. The van der Waals surface area contributed by atoms with Crippen LogP contribution in [0.2, 0.25) is 0 Å². The van der Waals surface area contributed by atoms with Crippen molar-refractivity contribution in [3.05, 3.63) is 66.2 Å². The Bertz CT molecular complexity index is 1140. The van der Waals surface area contributed by atoms with E-state index in [9.17, 15) is 4.79 Å². The molecule has 0 saturated heterocycles. The van der Waals surface area contributed by atoms with Gasteiger partial charge in [-0.15, -0.1) is 0 Å². The third kappa shape index (κ3) is 4.01. The molecule has 0 aliphatic carbocycles. The van der Waals surface area contributed by atoms with E-state index < -0.39 is 0 Å². The molecule has 3 heterocycles. The van der Waals surface area contributed by atoms with Crippen LogP contribution in [0.1, 0.15) is 16.2 Å². The fourth-order valence-electron chi connectivity index (χ4n) is 2.68. The molecule has 8 nitrogen and oxygen atoms in total. The number of carbonyl (C=O) groups excluding carboxylic acids is 1. The number of hydrogen-bond donors (Lipinski definition) is 1. The first-order valence-corrected chi connectivity index (χ1v) is 8.87. The first kappa shape index (κ1) is 18.4. The number of nitrogens with zero attached hydrogens (tertiary/aromatic N) is 3. The first-order valence-electron chi connectivity index (χ1n) is 8.87. The van der Waals surface area contributed by atoms with Gasteiger partial charge in [0.15, 0.2) is 5.58 Å². The lowest BCUT2D eigenvalue weighted by molar-refractivity contribution is 0.0958. The Morgan fingerprint density at radius 2 is 1.93 bits per heavy atom. The summed E-state index contributed by atoms with van der Waals surface area (Å²) in [7, 11) is 3.16. The molecule has 0 aliphatic rings. The van der Waals surface area contributed by atoms with Gasteiger partial charge in [0.25, 0.3) is 5.91 Å². The zero-order chi connectivity index (χ0) is 20.2. The molecule has 4 aromatic rings. The fourth-order valence-corrected chi connectivity index (χ4v) is 2.68. The number of rotatable bonds is 6. The number of aromatic nitrogens is 3. The highest BCUT2D eigenvalue weighted by molar-refractivity contribution is 5.92.